The van der Waals surface area contributed by atoms with Crippen molar-refractivity contribution in [2.45, 2.75) is 37.8 Å². The highest BCUT2D eigenvalue weighted by Gasteiger charge is 2.36. The lowest BCUT2D eigenvalue weighted by molar-refractivity contribution is -0.117. The second-order valence-electron chi connectivity index (χ2n) is 6.35. The van der Waals surface area contributed by atoms with Crippen molar-refractivity contribution in [1.29, 1.82) is 0 Å². The fourth-order valence-corrected chi connectivity index (χ4v) is 2.99. The number of aliphatic hydroxyl groups excluding tert-OH is 2. The highest BCUT2D eigenvalue weighted by Crippen LogP contribution is 2.34. The molecule has 146 valence electrons. The number of anilines is 1. The van der Waals surface area contributed by atoms with E-state index in [0.717, 1.165) is 0 Å². The molecule has 0 aliphatic carbocycles. The Hall–Kier alpha value is -2.60. The Morgan fingerprint density at radius 2 is 2.22 bits per heavy atom. The highest BCUT2D eigenvalue weighted by molar-refractivity contribution is 6.11. The number of primary amides is 1. The van der Waals surface area contributed by atoms with E-state index in [9.17, 15) is 19.8 Å². The Bertz CT molecular complexity index is 868. The molecule has 2 amide bonds. The van der Waals surface area contributed by atoms with Crippen LogP contribution in [0.25, 0.3) is 11.0 Å². The van der Waals surface area contributed by atoms with Crippen molar-refractivity contribution in [3.05, 3.63) is 18.1 Å². The SMILES string of the molecule is CNC(C)C(=O)Nc1ncnc2c1c(C(N)=O)cn2[C@H]1C[C@@H](O)[C@@H](CO)O1. The number of likely N-dealkylation sites (N-methyl/N-ethyl adjacent to an activating group) is 1. The van der Waals surface area contributed by atoms with Crippen LogP contribution in [0, 0.1) is 0 Å². The molecule has 1 unspecified atom stereocenters. The van der Waals surface area contributed by atoms with Crippen LogP contribution in [0.4, 0.5) is 5.82 Å². The van der Waals surface area contributed by atoms with Gasteiger partial charge in [-0.25, -0.2) is 9.97 Å². The molecule has 1 saturated heterocycles. The van der Waals surface area contributed by atoms with Crippen LogP contribution >= 0.6 is 0 Å². The molecule has 0 spiro atoms. The molecular weight excluding hydrogens is 356 g/mol. The number of carbonyl (C=O) groups excluding carboxylic acids is 2. The minimum Gasteiger partial charge on any atom is -0.394 e. The summed E-state index contributed by atoms with van der Waals surface area (Å²) in [7, 11) is 1.64. The summed E-state index contributed by atoms with van der Waals surface area (Å²) in [6, 6.07) is -0.479. The lowest BCUT2D eigenvalue weighted by atomic mass is 10.2. The molecule has 2 aromatic rings. The van der Waals surface area contributed by atoms with Gasteiger partial charge < -0.3 is 35.9 Å². The number of aliphatic hydroxyl groups is 2. The van der Waals surface area contributed by atoms with Gasteiger partial charge in [0.2, 0.25) is 5.91 Å². The minimum absolute atomic E-state index is 0.114. The van der Waals surface area contributed by atoms with E-state index >= 15 is 0 Å². The molecule has 3 rings (SSSR count). The van der Waals surface area contributed by atoms with Crippen molar-refractivity contribution in [3.8, 4) is 0 Å². The maximum Gasteiger partial charge on any atom is 0.251 e. The summed E-state index contributed by atoms with van der Waals surface area (Å²) < 4.78 is 7.19. The summed E-state index contributed by atoms with van der Waals surface area (Å²) in [5.41, 5.74) is 5.93. The molecular formula is C16H22N6O5. The zero-order valence-electron chi connectivity index (χ0n) is 14.9. The van der Waals surface area contributed by atoms with Gasteiger partial charge in [-0.2, -0.15) is 0 Å². The molecule has 11 nitrogen and oxygen atoms in total. The van der Waals surface area contributed by atoms with Gasteiger partial charge in [-0.15, -0.1) is 0 Å². The summed E-state index contributed by atoms with van der Waals surface area (Å²) >= 11 is 0. The van der Waals surface area contributed by atoms with Crippen LogP contribution in [0.2, 0.25) is 0 Å². The molecule has 6 N–H and O–H groups in total. The molecule has 1 aliphatic rings. The topological polar surface area (TPSA) is 165 Å². The molecule has 11 heteroatoms. The molecule has 27 heavy (non-hydrogen) atoms. The summed E-state index contributed by atoms with van der Waals surface area (Å²) in [4.78, 5) is 32.4. The molecule has 0 radical (unpaired) electrons. The van der Waals surface area contributed by atoms with E-state index in [1.165, 1.54) is 12.5 Å². The van der Waals surface area contributed by atoms with Crippen LogP contribution in [0.3, 0.4) is 0 Å². The average Bonchev–Trinajstić information content (AvgIpc) is 3.21. The van der Waals surface area contributed by atoms with E-state index in [0.29, 0.717) is 5.65 Å². The number of nitrogens with one attached hydrogen (secondary N) is 2. The number of amides is 2. The van der Waals surface area contributed by atoms with Gasteiger partial charge in [-0.1, -0.05) is 0 Å². The van der Waals surface area contributed by atoms with Crippen LogP contribution in [-0.4, -0.2) is 68.5 Å². The van der Waals surface area contributed by atoms with Gasteiger partial charge in [0.25, 0.3) is 5.91 Å². The Balaban J connectivity index is 2.07. The Morgan fingerprint density at radius 1 is 1.48 bits per heavy atom. The van der Waals surface area contributed by atoms with Gasteiger partial charge in [0, 0.05) is 12.6 Å². The maximum absolute atomic E-state index is 12.2. The molecule has 0 saturated carbocycles. The van der Waals surface area contributed by atoms with E-state index in [1.54, 1.807) is 18.5 Å². The number of hydrogen-bond donors (Lipinski definition) is 5. The largest absolute Gasteiger partial charge is 0.394 e. The van der Waals surface area contributed by atoms with Gasteiger partial charge in [0.1, 0.15) is 30.1 Å². The first-order chi connectivity index (χ1) is 12.9. The monoisotopic (exact) mass is 378 g/mol. The van der Waals surface area contributed by atoms with Gasteiger partial charge in [0.05, 0.1) is 29.7 Å². The molecule has 1 aliphatic heterocycles. The van der Waals surface area contributed by atoms with E-state index in [-0.39, 0.29) is 35.7 Å². The lowest BCUT2D eigenvalue weighted by Crippen LogP contribution is -2.35. The first kappa shape index (κ1) is 19.2. The molecule has 0 bridgehead atoms. The van der Waals surface area contributed by atoms with Gasteiger partial charge in [-0.05, 0) is 14.0 Å². The summed E-state index contributed by atoms with van der Waals surface area (Å²) in [5.74, 6) is -0.909. The molecule has 3 heterocycles. The number of carbonyl (C=O) groups is 2. The highest BCUT2D eigenvalue weighted by atomic mass is 16.5. The van der Waals surface area contributed by atoms with Crippen molar-refractivity contribution in [2.75, 3.05) is 19.0 Å². The summed E-state index contributed by atoms with van der Waals surface area (Å²) in [6.07, 6.45) is 0.667. The van der Waals surface area contributed by atoms with Crippen molar-refractivity contribution < 1.29 is 24.5 Å². The van der Waals surface area contributed by atoms with Gasteiger partial charge in [0.15, 0.2) is 0 Å². The number of fused-ring (bicyclic) bond motifs is 1. The average molecular weight is 378 g/mol. The normalized spacial score (nSPS) is 23.5. The van der Waals surface area contributed by atoms with E-state index in [2.05, 4.69) is 20.6 Å². The van der Waals surface area contributed by atoms with Crippen molar-refractivity contribution >= 4 is 28.7 Å². The van der Waals surface area contributed by atoms with Crippen molar-refractivity contribution in [2.24, 2.45) is 5.73 Å². The second-order valence-corrected chi connectivity index (χ2v) is 6.35. The molecule has 4 atom stereocenters. The zero-order chi connectivity index (χ0) is 19.7. The van der Waals surface area contributed by atoms with Crippen LogP contribution in [0.1, 0.15) is 29.9 Å². The maximum atomic E-state index is 12.2. The lowest BCUT2D eigenvalue weighted by Gasteiger charge is -2.15. The number of hydrogen-bond acceptors (Lipinski definition) is 8. The van der Waals surface area contributed by atoms with E-state index in [1.807, 2.05) is 0 Å². The number of ether oxygens (including phenoxy) is 1. The predicted octanol–water partition coefficient (Wildman–Crippen LogP) is -1.28. The summed E-state index contributed by atoms with van der Waals surface area (Å²) in [6.45, 7) is 1.34. The fraction of sp³-hybridized carbons (Fsp3) is 0.500. The van der Waals surface area contributed by atoms with Crippen LogP contribution in [-0.2, 0) is 9.53 Å². The van der Waals surface area contributed by atoms with E-state index in [4.69, 9.17) is 10.5 Å². The fourth-order valence-electron chi connectivity index (χ4n) is 2.99. The standard InChI is InChI=1S/C16H22N6O5/c1-7(18-2)16(26)21-14-12-8(13(17)25)4-22(15(12)20-6-19-14)11-3-9(24)10(5-23)27-11/h4,6-7,9-11,18,23-24H,3,5H2,1-2H3,(H2,17,25)(H,19,20,21,26)/t7?,9-,10-,11-/m1/s1. The first-order valence-electron chi connectivity index (χ1n) is 8.45. The minimum atomic E-state index is -0.855. The van der Waals surface area contributed by atoms with Gasteiger partial charge >= 0.3 is 0 Å². The number of rotatable bonds is 6. The van der Waals surface area contributed by atoms with Crippen LogP contribution in [0.5, 0.6) is 0 Å². The molecule has 2 aromatic heterocycles. The third-order valence-electron chi connectivity index (χ3n) is 4.64. The Kier molecular flexibility index (Phi) is 5.37. The summed E-state index contributed by atoms with van der Waals surface area (Å²) in [5, 5.41) is 25.0. The third-order valence-corrected chi connectivity index (χ3v) is 4.64. The van der Waals surface area contributed by atoms with Gasteiger partial charge in [-0.3, -0.25) is 9.59 Å². The van der Waals surface area contributed by atoms with Crippen LogP contribution in [0.15, 0.2) is 12.5 Å². The smallest absolute Gasteiger partial charge is 0.251 e. The number of nitrogens with two attached hydrogens (primary N) is 1. The first-order valence-corrected chi connectivity index (χ1v) is 8.45. The number of nitrogens with zero attached hydrogens (tertiary/aromatic N) is 3. The van der Waals surface area contributed by atoms with Crippen molar-refractivity contribution in [3.63, 3.8) is 0 Å². The van der Waals surface area contributed by atoms with Crippen molar-refractivity contribution in [1.82, 2.24) is 19.9 Å². The Morgan fingerprint density at radius 3 is 2.81 bits per heavy atom. The van der Waals surface area contributed by atoms with Crippen LogP contribution < -0.4 is 16.4 Å². The molecule has 1 fully saturated rings. The number of aromatic nitrogens is 3. The predicted molar refractivity (Wildman–Crippen MR) is 94.8 cm³/mol. The Labute approximate surface area is 154 Å². The van der Waals surface area contributed by atoms with E-state index < -0.39 is 30.4 Å². The zero-order valence-corrected chi connectivity index (χ0v) is 14.9. The molecule has 0 aromatic carbocycles. The quantitative estimate of drug-likeness (QED) is 0.414. The second kappa shape index (κ2) is 7.56. The third kappa shape index (κ3) is 3.49.